The average Bonchev–Trinajstić information content (AvgIpc) is 2.71. The van der Waals surface area contributed by atoms with E-state index in [0.717, 1.165) is 12.8 Å². The maximum absolute atomic E-state index is 12.9. The summed E-state index contributed by atoms with van der Waals surface area (Å²) < 4.78 is 10.2. The molecule has 0 fully saturated rings. The minimum absolute atomic E-state index is 0.159. The maximum atomic E-state index is 12.9. The normalized spacial score (nSPS) is 14.7. The lowest BCUT2D eigenvalue weighted by Gasteiger charge is -2.32. The van der Waals surface area contributed by atoms with Crippen molar-refractivity contribution in [1.82, 2.24) is 0 Å². The van der Waals surface area contributed by atoms with Crippen molar-refractivity contribution in [2.75, 3.05) is 13.2 Å². The van der Waals surface area contributed by atoms with Gasteiger partial charge in [0.05, 0.1) is 13.2 Å². The van der Waals surface area contributed by atoms with E-state index >= 15 is 0 Å². The molecule has 0 N–H and O–H groups in total. The third-order valence-corrected chi connectivity index (χ3v) is 5.84. The third-order valence-electron chi connectivity index (χ3n) is 5.84. The van der Waals surface area contributed by atoms with E-state index in [1.807, 2.05) is 41.5 Å². The van der Waals surface area contributed by atoms with Crippen molar-refractivity contribution in [3.05, 3.63) is 23.3 Å². The highest BCUT2D eigenvalue weighted by Gasteiger charge is 2.36. The average molecular weight is 449 g/mol. The number of rotatable bonds is 14. The number of allylic oxidation sites excluding steroid dienone is 4. The second-order valence-corrected chi connectivity index (χ2v) is 9.76. The quantitative estimate of drug-likeness (QED) is 0.265. The molecule has 0 bridgehead atoms. The molecule has 0 radical (unpaired) electrons. The molecule has 0 aromatic rings. The first kappa shape index (κ1) is 27.8. The van der Waals surface area contributed by atoms with Gasteiger partial charge < -0.3 is 9.47 Å². The molecule has 0 amide bonds. The molecule has 0 aromatic carbocycles. The SMILES string of the molecule is CCCOC(=O)CCCC(C)(C)C1=CC(=O)C(C(C)(C)CCCC(=O)OCCC)=CC1=O. The molecule has 6 heteroatoms. The highest BCUT2D eigenvalue weighted by Crippen LogP contribution is 2.40. The van der Waals surface area contributed by atoms with Crippen LogP contribution in [0, 0.1) is 10.8 Å². The van der Waals surface area contributed by atoms with Gasteiger partial charge in [-0.2, -0.15) is 0 Å². The molecule has 180 valence electrons. The number of carbonyl (C=O) groups excluding carboxylic acids is 4. The Balaban J connectivity index is 2.71. The molecular weight excluding hydrogens is 408 g/mol. The molecule has 0 unspecified atom stereocenters. The largest absolute Gasteiger partial charge is 0.466 e. The zero-order valence-corrected chi connectivity index (χ0v) is 20.7. The summed E-state index contributed by atoms with van der Waals surface area (Å²) in [7, 11) is 0. The lowest BCUT2D eigenvalue weighted by atomic mass is 9.70. The molecule has 0 atom stereocenters. The highest BCUT2D eigenvalue weighted by molar-refractivity contribution is 6.20. The fourth-order valence-corrected chi connectivity index (χ4v) is 3.81. The van der Waals surface area contributed by atoms with Crippen molar-refractivity contribution in [3.63, 3.8) is 0 Å². The van der Waals surface area contributed by atoms with Crippen LogP contribution in [0.4, 0.5) is 0 Å². The smallest absolute Gasteiger partial charge is 0.305 e. The summed E-state index contributed by atoms with van der Waals surface area (Å²) in [4.78, 5) is 49.3. The fourth-order valence-electron chi connectivity index (χ4n) is 3.81. The number of esters is 2. The maximum Gasteiger partial charge on any atom is 0.305 e. The Kier molecular flexibility index (Phi) is 11.0. The predicted octanol–water partition coefficient (Wildman–Crippen LogP) is 5.29. The molecule has 0 aliphatic heterocycles. The van der Waals surface area contributed by atoms with Gasteiger partial charge in [0.15, 0.2) is 11.6 Å². The van der Waals surface area contributed by atoms with Gasteiger partial charge in [0.2, 0.25) is 0 Å². The minimum atomic E-state index is -0.521. The van der Waals surface area contributed by atoms with Gasteiger partial charge in [-0.15, -0.1) is 0 Å². The van der Waals surface area contributed by atoms with Crippen LogP contribution in [0.2, 0.25) is 0 Å². The topological polar surface area (TPSA) is 86.7 Å². The Morgan fingerprint density at radius 3 is 1.38 bits per heavy atom. The summed E-state index contributed by atoms with van der Waals surface area (Å²) in [6, 6.07) is 0. The standard InChI is InChI=1S/C26H40O6/c1-7-15-31-23(29)11-9-13-25(3,4)19-17-22(28)20(18-21(19)27)26(5,6)14-10-12-24(30)32-16-8-2/h17-18H,7-16H2,1-6H3. The minimum Gasteiger partial charge on any atom is -0.466 e. The van der Waals surface area contributed by atoms with Gasteiger partial charge in [0, 0.05) is 24.0 Å². The molecule has 6 nitrogen and oxygen atoms in total. The van der Waals surface area contributed by atoms with Gasteiger partial charge in [-0.3, -0.25) is 19.2 Å². The molecule has 0 saturated carbocycles. The van der Waals surface area contributed by atoms with Crippen LogP contribution >= 0.6 is 0 Å². The van der Waals surface area contributed by atoms with Crippen LogP contribution in [0.1, 0.15) is 92.9 Å². The molecule has 1 aliphatic rings. The van der Waals surface area contributed by atoms with E-state index in [0.29, 0.717) is 62.9 Å². The monoisotopic (exact) mass is 448 g/mol. The van der Waals surface area contributed by atoms with E-state index in [4.69, 9.17) is 9.47 Å². The Hall–Kier alpha value is -2.24. The lowest BCUT2D eigenvalue weighted by Crippen LogP contribution is -2.30. The van der Waals surface area contributed by atoms with E-state index in [-0.39, 0.29) is 23.5 Å². The summed E-state index contributed by atoms with van der Waals surface area (Å²) >= 11 is 0. The van der Waals surface area contributed by atoms with Crippen LogP contribution in [0.25, 0.3) is 0 Å². The molecule has 0 spiro atoms. The van der Waals surface area contributed by atoms with Gasteiger partial charge in [0.1, 0.15) is 0 Å². The van der Waals surface area contributed by atoms with Crippen molar-refractivity contribution >= 4 is 23.5 Å². The molecule has 0 heterocycles. The molecule has 1 aliphatic carbocycles. The third kappa shape index (κ3) is 8.71. The fraction of sp³-hybridized carbons (Fsp3) is 0.692. The van der Waals surface area contributed by atoms with Gasteiger partial charge in [0.25, 0.3) is 0 Å². The van der Waals surface area contributed by atoms with E-state index in [2.05, 4.69) is 0 Å². The Morgan fingerprint density at radius 1 is 0.719 bits per heavy atom. The van der Waals surface area contributed by atoms with Crippen LogP contribution in [0.3, 0.4) is 0 Å². The van der Waals surface area contributed by atoms with Crippen LogP contribution in [-0.2, 0) is 28.7 Å². The van der Waals surface area contributed by atoms with Crippen molar-refractivity contribution in [2.45, 2.75) is 92.9 Å². The zero-order valence-electron chi connectivity index (χ0n) is 20.7. The van der Waals surface area contributed by atoms with Gasteiger partial charge in [-0.25, -0.2) is 0 Å². The van der Waals surface area contributed by atoms with Crippen LogP contribution in [0.15, 0.2) is 23.3 Å². The highest BCUT2D eigenvalue weighted by atomic mass is 16.5. The Morgan fingerprint density at radius 2 is 1.06 bits per heavy atom. The van der Waals surface area contributed by atoms with Crippen molar-refractivity contribution in [2.24, 2.45) is 10.8 Å². The summed E-state index contributed by atoms with van der Waals surface area (Å²) in [5.74, 6) is -0.780. The van der Waals surface area contributed by atoms with E-state index in [1.54, 1.807) is 0 Å². The zero-order chi connectivity index (χ0) is 24.4. The first-order valence-corrected chi connectivity index (χ1v) is 11.8. The first-order chi connectivity index (χ1) is 14.9. The van der Waals surface area contributed by atoms with E-state index in [1.165, 1.54) is 12.2 Å². The Bertz CT molecular complexity index is 690. The van der Waals surface area contributed by atoms with Crippen LogP contribution in [0.5, 0.6) is 0 Å². The Labute approximate surface area is 192 Å². The second-order valence-electron chi connectivity index (χ2n) is 9.76. The molecule has 32 heavy (non-hydrogen) atoms. The number of ether oxygens (including phenoxy) is 2. The van der Waals surface area contributed by atoms with Gasteiger partial charge in [-0.1, -0.05) is 41.5 Å². The summed E-state index contributed by atoms with van der Waals surface area (Å²) in [6.07, 6.45) is 7.48. The summed E-state index contributed by atoms with van der Waals surface area (Å²) in [5.41, 5.74) is -0.0841. The van der Waals surface area contributed by atoms with Crippen LogP contribution < -0.4 is 0 Å². The van der Waals surface area contributed by atoms with E-state index < -0.39 is 10.8 Å². The molecular formula is C26H40O6. The first-order valence-electron chi connectivity index (χ1n) is 11.8. The number of ketones is 2. The van der Waals surface area contributed by atoms with Gasteiger partial charge in [-0.05, 0) is 61.5 Å². The summed E-state index contributed by atoms with van der Waals surface area (Å²) in [6.45, 7) is 12.4. The van der Waals surface area contributed by atoms with Crippen LogP contribution in [-0.4, -0.2) is 36.7 Å². The number of hydrogen-bond donors (Lipinski definition) is 0. The van der Waals surface area contributed by atoms with E-state index in [9.17, 15) is 19.2 Å². The summed E-state index contributed by atoms with van der Waals surface area (Å²) in [5, 5.41) is 0. The van der Waals surface area contributed by atoms with Crippen molar-refractivity contribution < 1.29 is 28.7 Å². The predicted molar refractivity (Wildman–Crippen MR) is 124 cm³/mol. The molecule has 1 rings (SSSR count). The molecule has 0 saturated heterocycles. The van der Waals surface area contributed by atoms with Crippen molar-refractivity contribution in [3.8, 4) is 0 Å². The number of carbonyl (C=O) groups is 4. The van der Waals surface area contributed by atoms with Crippen molar-refractivity contribution in [1.29, 1.82) is 0 Å². The molecule has 0 aromatic heterocycles. The van der Waals surface area contributed by atoms with Gasteiger partial charge >= 0.3 is 11.9 Å². The lowest BCUT2D eigenvalue weighted by molar-refractivity contribution is -0.144. The number of hydrogen-bond acceptors (Lipinski definition) is 6. The second kappa shape index (κ2) is 12.7.